The van der Waals surface area contributed by atoms with Gasteiger partial charge in [0.2, 0.25) is 0 Å². The van der Waals surface area contributed by atoms with E-state index in [0.29, 0.717) is 15.7 Å². The summed E-state index contributed by atoms with van der Waals surface area (Å²) >= 11 is 11.7. The molecule has 0 fully saturated rings. The van der Waals surface area contributed by atoms with Gasteiger partial charge in [-0.2, -0.15) is 0 Å². The molecule has 0 saturated heterocycles. The lowest BCUT2D eigenvalue weighted by Crippen LogP contribution is -1.97. The summed E-state index contributed by atoms with van der Waals surface area (Å²) in [4.78, 5) is 0. The van der Waals surface area contributed by atoms with Gasteiger partial charge in [0, 0.05) is 12.4 Å². The summed E-state index contributed by atoms with van der Waals surface area (Å²) in [5.74, 6) is 0. The Morgan fingerprint density at radius 2 is 1.57 bits per heavy atom. The molecule has 0 amide bonds. The van der Waals surface area contributed by atoms with Crippen LogP contribution in [0.2, 0.25) is 10.0 Å². The minimum Gasteiger partial charge on any atom is -0.397 e. The number of hydrogen-bond acceptors (Lipinski definition) is 1. The van der Waals surface area contributed by atoms with Crippen LogP contribution < -0.4 is 5.73 Å². The molecule has 0 aliphatic rings. The molecule has 0 aliphatic heterocycles. The third kappa shape index (κ3) is 1.59. The largest absolute Gasteiger partial charge is 0.397 e. The van der Waals surface area contributed by atoms with Crippen molar-refractivity contribution in [2.24, 2.45) is 0 Å². The van der Waals surface area contributed by atoms with E-state index in [9.17, 15) is 0 Å². The van der Waals surface area contributed by atoms with Gasteiger partial charge in [0.15, 0.2) is 0 Å². The number of nitrogen functional groups attached to an aromatic ring is 1. The first-order valence-corrected chi connectivity index (χ1v) is 4.82. The normalized spacial score (nSPS) is 10.4. The maximum absolute atomic E-state index is 5.90. The molecule has 72 valence electrons. The lowest BCUT2D eigenvalue weighted by molar-refractivity contribution is 1.08. The van der Waals surface area contributed by atoms with Gasteiger partial charge in [-0.05, 0) is 24.3 Å². The number of nitrogens with zero attached hydrogens (tertiary/aromatic N) is 1. The van der Waals surface area contributed by atoms with Crippen LogP contribution >= 0.6 is 23.2 Å². The second-order valence-corrected chi connectivity index (χ2v) is 3.73. The van der Waals surface area contributed by atoms with Crippen LogP contribution in [0, 0.1) is 0 Å². The van der Waals surface area contributed by atoms with Crippen molar-refractivity contribution in [3.05, 3.63) is 46.7 Å². The minimum atomic E-state index is 0.472. The van der Waals surface area contributed by atoms with Gasteiger partial charge in [-0.25, -0.2) is 0 Å². The SMILES string of the molecule is Nc1cc(Cl)c(Cl)cc1-n1cccc1. The van der Waals surface area contributed by atoms with Gasteiger partial charge < -0.3 is 10.3 Å². The van der Waals surface area contributed by atoms with Gasteiger partial charge in [0.1, 0.15) is 0 Å². The van der Waals surface area contributed by atoms with Crippen LogP contribution in [0.25, 0.3) is 5.69 Å². The molecule has 1 heterocycles. The van der Waals surface area contributed by atoms with E-state index in [1.165, 1.54) is 0 Å². The first-order chi connectivity index (χ1) is 6.68. The summed E-state index contributed by atoms with van der Waals surface area (Å²) in [5, 5.41) is 0.977. The third-order valence-electron chi connectivity index (χ3n) is 1.95. The zero-order chi connectivity index (χ0) is 10.1. The molecule has 2 rings (SSSR count). The molecule has 2 N–H and O–H groups in total. The van der Waals surface area contributed by atoms with E-state index in [1.54, 1.807) is 12.1 Å². The Balaban J connectivity index is 2.60. The molecule has 14 heavy (non-hydrogen) atoms. The molecule has 0 atom stereocenters. The van der Waals surface area contributed by atoms with Gasteiger partial charge >= 0.3 is 0 Å². The average molecular weight is 227 g/mol. The van der Waals surface area contributed by atoms with Crippen LogP contribution in [0.15, 0.2) is 36.7 Å². The molecule has 1 aromatic heterocycles. The predicted octanol–water partition coefficient (Wildman–Crippen LogP) is 3.37. The zero-order valence-electron chi connectivity index (χ0n) is 7.24. The van der Waals surface area contributed by atoms with Crippen LogP contribution in [0.4, 0.5) is 5.69 Å². The van der Waals surface area contributed by atoms with Crippen LogP contribution in [-0.4, -0.2) is 4.57 Å². The summed E-state index contributed by atoms with van der Waals surface area (Å²) in [5.41, 5.74) is 7.26. The van der Waals surface area contributed by atoms with E-state index in [2.05, 4.69) is 0 Å². The average Bonchev–Trinajstić information content (AvgIpc) is 2.64. The van der Waals surface area contributed by atoms with Gasteiger partial charge in [-0.15, -0.1) is 0 Å². The van der Waals surface area contributed by atoms with Crippen molar-refractivity contribution < 1.29 is 0 Å². The maximum Gasteiger partial charge on any atom is 0.0696 e. The molecule has 2 aromatic rings. The second-order valence-electron chi connectivity index (χ2n) is 2.92. The van der Waals surface area contributed by atoms with Crippen LogP contribution in [0.3, 0.4) is 0 Å². The molecule has 0 saturated carbocycles. The van der Waals surface area contributed by atoms with Gasteiger partial charge in [0.25, 0.3) is 0 Å². The lowest BCUT2D eigenvalue weighted by Gasteiger charge is -2.08. The molecule has 2 nitrogen and oxygen atoms in total. The number of hydrogen-bond donors (Lipinski definition) is 1. The van der Waals surface area contributed by atoms with Gasteiger partial charge in [0.05, 0.1) is 21.4 Å². The van der Waals surface area contributed by atoms with E-state index in [-0.39, 0.29) is 0 Å². The third-order valence-corrected chi connectivity index (χ3v) is 2.67. The van der Waals surface area contributed by atoms with Crippen LogP contribution in [0.5, 0.6) is 0 Å². The van der Waals surface area contributed by atoms with Crippen molar-refractivity contribution in [2.75, 3.05) is 5.73 Å². The summed E-state index contributed by atoms with van der Waals surface area (Å²) < 4.78 is 1.89. The Labute approximate surface area is 91.9 Å². The minimum absolute atomic E-state index is 0.472. The smallest absolute Gasteiger partial charge is 0.0696 e. The van der Waals surface area contributed by atoms with E-state index in [1.807, 2.05) is 29.1 Å². The maximum atomic E-state index is 5.90. The highest BCUT2D eigenvalue weighted by atomic mass is 35.5. The second kappa shape index (κ2) is 3.56. The Morgan fingerprint density at radius 1 is 1.00 bits per heavy atom. The van der Waals surface area contributed by atoms with Crippen molar-refractivity contribution in [3.8, 4) is 5.69 Å². The molecule has 0 spiro atoms. The van der Waals surface area contributed by atoms with E-state index >= 15 is 0 Å². The first kappa shape index (κ1) is 9.44. The summed E-state index contributed by atoms with van der Waals surface area (Å²) in [6.07, 6.45) is 3.80. The van der Waals surface area contributed by atoms with E-state index in [0.717, 1.165) is 5.69 Å². The molecule has 1 aromatic carbocycles. The number of halogens is 2. The number of nitrogens with two attached hydrogens (primary N) is 1. The number of aromatic nitrogens is 1. The highest BCUT2D eigenvalue weighted by molar-refractivity contribution is 6.42. The van der Waals surface area contributed by atoms with Crippen molar-refractivity contribution in [1.82, 2.24) is 4.57 Å². The molecular formula is C10H8Cl2N2. The zero-order valence-corrected chi connectivity index (χ0v) is 8.76. The van der Waals surface area contributed by atoms with Crippen LogP contribution in [-0.2, 0) is 0 Å². The van der Waals surface area contributed by atoms with Crippen LogP contribution in [0.1, 0.15) is 0 Å². The van der Waals surface area contributed by atoms with Gasteiger partial charge in [-0.1, -0.05) is 23.2 Å². The Hall–Kier alpha value is -1.12. The summed E-state index contributed by atoms with van der Waals surface area (Å²) in [6, 6.07) is 7.24. The first-order valence-electron chi connectivity index (χ1n) is 4.06. The number of benzene rings is 1. The Kier molecular flexibility index (Phi) is 2.40. The summed E-state index contributed by atoms with van der Waals surface area (Å²) in [7, 11) is 0. The highest BCUT2D eigenvalue weighted by Crippen LogP contribution is 2.29. The highest BCUT2D eigenvalue weighted by Gasteiger charge is 2.05. The Bertz CT molecular complexity index is 449. The molecule has 0 aliphatic carbocycles. The van der Waals surface area contributed by atoms with Gasteiger partial charge in [-0.3, -0.25) is 0 Å². The fraction of sp³-hybridized carbons (Fsp3) is 0. The van der Waals surface area contributed by atoms with Crippen molar-refractivity contribution in [1.29, 1.82) is 0 Å². The monoisotopic (exact) mass is 226 g/mol. The number of anilines is 1. The quantitative estimate of drug-likeness (QED) is 0.744. The topological polar surface area (TPSA) is 30.9 Å². The molecule has 0 bridgehead atoms. The van der Waals surface area contributed by atoms with Crippen molar-refractivity contribution >= 4 is 28.9 Å². The number of rotatable bonds is 1. The fourth-order valence-corrected chi connectivity index (χ4v) is 1.60. The molecule has 4 heteroatoms. The van der Waals surface area contributed by atoms with E-state index < -0.39 is 0 Å². The fourth-order valence-electron chi connectivity index (χ4n) is 1.27. The Morgan fingerprint density at radius 3 is 2.21 bits per heavy atom. The van der Waals surface area contributed by atoms with Crippen molar-refractivity contribution in [3.63, 3.8) is 0 Å². The standard InChI is InChI=1S/C10H8Cl2N2/c11-7-5-9(13)10(6-8(7)12)14-3-1-2-4-14/h1-6H,13H2. The molecule has 0 unspecified atom stereocenters. The van der Waals surface area contributed by atoms with E-state index in [4.69, 9.17) is 28.9 Å². The van der Waals surface area contributed by atoms with Crippen molar-refractivity contribution in [2.45, 2.75) is 0 Å². The summed E-state index contributed by atoms with van der Waals surface area (Å²) in [6.45, 7) is 0. The lowest BCUT2D eigenvalue weighted by atomic mass is 10.2. The predicted molar refractivity (Wildman–Crippen MR) is 60.2 cm³/mol. The molecule has 0 radical (unpaired) electrons. The molecular weight excluding hydrogens is 219 g/mol.